The second-order valence-corrected chi connectivity index (χ2v) is 5.23. The van der Waals surface area contributed by atoms with Gasteiger partial charge in [0.25, 0.3) is 0 Å². The number of hydrogen-bond acceptors (Lipinski definition) is 3. The summed E-state index contributed by atoms with van der Waals surface area (Å²) in [5.74, 6) is 0.0242. The van der Waals surface area contributed by atoms with Crippen molar-refractivity contribution in [3.05, 3.63) is 0 Å². The maximum atomic E-state index is 11.2. The molecule has 5 heteroatoms. The lowest BCUT2D eigenvalue weighted by atomic mass is 10.2. The van der Waals surface area contributed by atoms with Gasteiger partial charge in [-0.1, -0.05) is 13.8 Å². The third-order valence-corrected chi connectivity index (χ3v) is 1.85. The maximum Gasteiger partial charge on any atom is 0.407 e. The largest absolute Gasteiger partial charge is 0.444 e. The predicted molar refractivity (Wildman–Crippen MR) is 66.7 cm³/mol. The van der Waals surface area contributed by atoms with E-state index in [1.54, 1.807) is 0 Å². The molecular weight excluding hydrogens is 220 g/mol. The highest BCUT2D eigenvalue weighted by Gasteiger charge is 2.15. The topological polar surface area (TPSA) is 67.4 Å². The molecule has 0 saturated carbocycles. The van der Waals surface area contributed by atoms with Gasteiger partial charge in [0.15, 0.2) is 0 Å². The van der Waals surface area contributed by atoms with Gasteiger partial charge in [-0.2, -0.15) is 0 Å². The Kier molecular flexibility index (Phi) is 6.61. The molecule has 0 fully saturated rings. The summed E-state index contributed by atoms with van der Waals surface area (Å²) in [6, 6.07) is 0. The summed E-state index contributed by atoms with van der Waals surface area (Å²) in [7, 11) is 0. The summed E-state index contributed by atoms with van der Waals surface area (Å²) in [6.07, 6.45) is 0.269. The quantitative estimate of drug-likeness (QED) is 0.723. The van der Waals surface area contributed by atoms with Gasteiger partial charge in [-0.3, -0.25) is 4.79 Å². The molecule has 0 aromatic carbocycles. The van der Waals surface area contributed by atoms with Crippen molar-refractivity contribution in [2.75, 3.05) is 13.1 Å². The Labute approximate surface area is 103 Å². The van der Waals surface area contributed by atoms with Crippen LogP contribution in [0.15, 0.2) is 0 Å². The van der Waals surface area contributed by atoms with E-state index in [9.17, 15) is 9.59 Å². The zero-order valence-corrected chi connectivity index (χ0v) is 11.4. The maximum absolute atomic E-state index is 11.2. The van der Waals surface area contributed by atoms with E-state index in [1.165, 1.54) is 0 Å². The molecule has 0 saturated heterocycles. The van der Waals surface area contributed by atoms with Crippen molar-refractivity contribution in [1.29, 1.82) is 0 Å². The molecule has 0 unspecified atom stereocenters. The summed E-state index contributed by atoms with van der Waals surface area (Å²) < 4.78 is 5.07. The smallest absolute Gasteiger partial charge is 0.407 e. The molecule has 0 spiro atoms. The van der Waals surface area contributed by atoms with Crippen molar-refractivity contribution in [3.63, 3.8) is 0 Å². The van der Waals surface area contributed by atoms with Gasteiger partial charge in [0.1, 0.15) is 5.60 Å². The number of carbonyl (C=O) groups is 2. The van der Waals surface area contributed by atoms with Gasteiger partial charge in [-0.25, -0.2) is 4.79 Å². The summed E-state index contributed by atoms with van der Waals surface area (Å²) in [5, 5.41) is 5.40. The highest BCUT2D eigenvalue weighted by Crippen LogP contribution is 2.06. The van der Waals surface area contributed by atoms with E-state index in [0.717, 1.165) is 0 Å². The zero-order valence-electron chi connectivity index (χ0n) is 11.4. The first-order valence-corrected chi connectivity index (χ1v) is 5.97. The first kappa shape index (κ1) is 15.7. The molecule has 0 aliphatic heterocycles. The van der Waals surface area contributed by atoms with Crippen molar-refractivity contribution in [2.45, 2.75) is 46.6 Å². The van der Waals surface area contributed by atoms with Gasteiger partial charge in [0, 0.05) is 19.0 Å². The fourth-order valence-corrected chi connectivity index (χ4v) is 1.01. The van der Waals surface area contributed by atoms with Crippen LogP contribution in [0.4, 0.5) is 4.79 Å². The third-order valence-electron chi connectivity index (χ3n) is 1.85. The molecule has 2 N–H and O–H groups in total. The van der Waals surface area contributed by atoms with Crippen LogP contribution in [-0.2, 0) is 9.53 Å². The molecule has 0 bridgehead atoms. The molecule has 5 nitrogen and oxygen atoms in total. The zero-order chi connectivity index (χ0) is 13.5. The Morgan fingerprint density at radius 2 is 1.65 bits per heavy atom. The minimum absolute atomic E-state index is 0.00573. The van der Waals surface area contributed by atoms with Crippen molar-refractivity contribution < 1.29 is 14.3 Å². The molecule has 0 aliphatic rings. The minimum Gasteiger partial charge on any atom is -0.444 e. The lowest BCUT2D eigenvalue weighted by Gasteiger charge is -2.19. The number of rotatable bonds is 5. The van der Waals surface area contributed by atoms with Crippen LogP contribution < -0.4 is 10.6 Å². The average molecular weight is 244 g/mol. The van der Waals surface area contributed by atoms with Crippen LogP contribution in [0.3, 0.4) is 0 Å². The summed E-state index contributed by atoms with van der Waals surface area (Å²) >= 11 is 0. The summed E-state index contributed by atoms with van der Waals surface area (Å²) in [4.78, 5) is 22.4. The fraction of sp³-hybridized carbons (Fsp3) is 0.833. The normalized spacial score (nSPS) is 11.2. The first-order chi connectivity index (χ1) is 7.72. The molecule has 0 aromatic rings. The Balaban J connectivity index is 3.53. The van der Waals surface area contributed by atoms with Crippen LogP contribution in [0.25, 0.3) is 0 Å². The van der Waals surface area contributed by atoms with Crippen LogP contribution in [0, 0.1) is 5.92 Å². The molecular formula is C12H24N2O3. The second kappa shape index (κ2) is 7.14. The van der Waals surface area contributed by atoms with Crippen LogP contribution in [-0.4, -0.2) is 30.7 Å². The predicted octanol–water partition coefficient (Wildman–Crippen LogP) is 1.67. The SMILES string of the molecule is CC(C)C(=O)NCCCNC(=O)OC(C)(C)C. The van der Waals surface area contributed by atoms with Gasteiger partial charge in [0.2, 0.25) is 5.91 Å². The molecule has 0 aromatic heterocycles. The van der Waals surface area contributed by atoms with Gasteiger partial charge in [-0.15, -0.1) is 0 Å². The Bertz CT molecular complexity index is 257. The molecule has 0 radical (unpaired) electrons. The summed E-state index contributed by atoms with van der Waals surface area (Å²) in [5.41, 5.74) is -0.476. The fourth-order valence-electron chi connectivity index (χ4n) is 1.01. The van der Waals surface area contributed by atoms with E-state index < -0.39 is 11.7 Å². The molecule has 0 heterocycles. The van der Waals surface area contributed by atoms with Crippen LogP contribution in [0.2, 0.25) is 0 Å². The Morgan fingerprint density at radius 1 is 1.12 bits per heavy atom. The number of ether oxygens (including phenoxy) is 1. The van der Waals surface area contributed by atoms with E-state index in [1.807, 2.05) is 34.6 Å². The van der Waals surface area contributed by atoms with Gasteiger partial charge in [0.05, 0.1) is 0 Å². The van der Waals surface area contributed by atoms with Gasteiger partial charge >= 0.3 is 6.09 Å². The number of amides is 2. The third kappa shape index (κ3) is 9.66. The van der Waals surface area contributed by atoms with E-state index in [-0.39, 0.29) is 11.8 Å². The first-order valence-electron chi connectivity index (χ1n) is 5.97. The van der Waals surface area contributed by atoms with E-state index >= 15 is 0 Å². The van der Waals surface area contributed by atoms with Crippen molar-refractivity contribution in [2.24, 2.45) is 5.92 Å². The van der Waals surface area contributed by atoms with Crippen molar-refractivity contribution in [3.8, 4) is 0 Å². The number of alkyl carbamates (subject to hydrolysis) is 1. The van der Waals surface area contributed by atoms with Gasteiger partial charge in [-0.05, 0) is 27.2 Å². The lowest BCUT2D eigenvalue weighted by Crippen LogP contribution is -2.35. The minimum atomic E-state index is -0.476. The molecule has 100 valence electrons. The summed E-state index contributed by atoms with van der Waals surface area (Å²) in [6.45, 7) is 10.2. The highest BCUT2D eigenvalue weighted by molar-refractivity contribution is 5.77. The highest BCUT2D eigenvalue weighted by atomic mass is 16.6. The Morgan fingerprint density at radius 3 is 2.12 bits per heavy atom. The van der Waals surface area contributed by atoms with Crippen LogP contribution >= 0.6 is 0 Å². The lowest BCUT2D eigenvalue weighted by molar-refractivity contribution is -0.123. The molecule has 0 aliphatic carbocycles. The number of carbonyl (C=O) groups excluding carboxylic acids is 2. The Hall–Kier alpha value is -1.26. The van der Waals surface area contributed by atoms with Crippen molar-refractivity contribution >= 4 is 12.0 Å². The number of nitrogens with one attached hydrogen (secondary N) is 2. The molecule has 17 heavy (non-hydrogen) atoms. The standard InChI is InChI=1S/C12H24N2O3/c1-9(2)10(15)13-7-6-8-14-11(16)17-12(3,4)5/h9H,6-8H2,1-5H3,(H,13,15)(H,14,16). The average Bonchev–Trinajstić information content (AvgIpc) is 2.13. The van der Waals surface area contributed by atoms with Crippen molar-refractivity contribution in [1.82, 2.24) is 10.6 Å². The van der Waals surface area contributed by atoms with E-state index in [0.29, 0.717) is 19.5 Å². The van der Waals surface area contributed by atoms with Crippen LogP contribution in [0.5, 0.6) is 0 Å². The van der Waals surface area contributed by atoms with Gasteiger partial charge < -0.3 is 15.4 Å². The van der Waals surface area contributed by atoms with E-state index in [4.69, 9.17) is 4.74 Å². The number of hydrogen-bond donors (Lipinski definition) is 2. The monoisotopic (exact) mass is 244 g/mol. The second-order valence-electron chi connectivity index (χ2n) is 5.23. The molecule has 0 rings (SSSR count). The van der Waals surface area contributed by atoms with Crippen LogP contribution in [0.1, 0.15) is 41.0 Å². The molecule has 0 atom stereocenters. The van der Waals surface area contributed by atoms with E-state index in [2.05, 4.69) is 10.6 Å². The molecule has 2 amide bonds.